The van der Waals surface area contributed by atoms with E-state index in [0.29, 0.717) is 11.3 Å². The molecule has 4 rings (SSSR count). The van der Waals surface area contributed by atoms with Crippen molar-refractivity contribution >= 4 is 62.2 Å². The number of carboxylic acid groups (broad SMARTS) is 1. The number of furan rings is 1. The smallest absolute Gasteiger partial charge is 0.327 e. The molecule has 2 aromatic carbocycles. The molecule has 2 N–H and O–H groups in total. The topological polar surface area (TPSA) is 82.8 Å². The van der Waals surface area contributed by atoms with Crippen LogP contribution in [0, 0.1) is 0 Å². The number of thiocarbonyl (C=S) groups is 1. The Morgan fingerprint density at radius 2 is 2.00 bits per heavy atom. The summed E-state index contributed by atoms with van der Waals surface area (Å²) in [6, 6.07) is 15.4. The lowest BCUT2D eigenvalue weighted by molar-refractivity contribution is -0.145. The van der Waals surface area contributed by atoms with Gasteiger partial charge < -0.3 is 14.8 Å². The van der Waals surface area contributed by atoms with E-state index in [1.165, 1.54) is 6.08 Å². The normalized spacial score (nSPS) is 16.4. The Hall–Kier alpha value is -2.97. The fourth-order valence-electron chi connectivity index (χ4n) is 3.21. The molecule has 1 amide bonds. The van der Waals surface area contributed by atoms with E-state index in [2.05, 4.69) is 21.2 Å². The Bertz CT molecular complexity index is 1160. The Balaban J connectivity index is 1.62. The summed E-state index contributed by atoms with van der Waals surface area (Å²) in [5.74, 6) is -1.16. The van der Waals surface area contributed by atoms with E-state index in [-0.39, 0.29) is 17.2 Å². The standard InChI is InChI=1S/C21H15BrN2O4S/c22-14-6-7-18-13(9-14)10-15(28-18)11-16-19(25)24(21(29)23-16)17(20(26)27)8-12-4-2-1-3-5-12/h1-7,9-11,17H,8H2,(H,23,29)(H,26,27)/b16-11+. The summed E-state index contributed by atoms with van der Waals surface area (Å²) < 4.78 is 6.65. The van der Waals surface area contributed by atoms with Crippen LogP contribution in [0.15, 0.2) is 69.2 Å². The second-order valence-electron chi connectivity index (χ2n) is 6.54. The van der Waals surface area contributed by atoms with Gasteiger partial charge in [-0.2, -0.15) is 0 Å². The van der Waals surface area contributed by atoms with Crippen molar-refractivity contribution in [1.82, 2.24) is 10.2 Å². The predicted molar refractivity (Wildman–Crippen MR) is 116 cm³/mol. The number of halogens is 1. The minimum Gasteiger partial charge on any atom is -0.480 e. The maximum absolute atomic E-state index is 12.9. The van der Waals surface area contributed by atoms with Crippen molar-refractivity contribution in [2.45, 2.75) is 12.5 Å². The molecule has 146 valence electrons. The van der Waals surface area contributed by atoms with E-state index in [4.69, 9.17) is 16.6 Å². The van der Waals surface area contributed by atoms with Crippen LogP contribution in [-0.4, -0.2) is 33.0 Å². The molecule has 0 saturated carbocycles. The zero-order valence-electron chi connectivity index (χ0n) is 15.0. The highest BCUT2D eigenvalue weighted by Crippen LogP contribution is 2.26. The molecule has 0 radical (unpaired) electrons. The first-order valence-corrected chi connectivity index (χ1v) is 9.94. The third-order valence-corrected chi connectivity index (χ3v) is 5.35. The maximum atomic E-state index is 12.9. The number of carboxylic acids is 1. The minimum atomic E-state index is -1.12. The number of carbonyl (C=O) groups excluding carboxylic acids is 1. The molecule has 0 spiro atoms. The SMILES string of the molecule is O=C(O)C(Cc1ccccc1)N1C(=O)/C(=C\c2cc3cc(Br)ccc3o2)NC1=S. The highest BCUT2D eigenvalue weighted by molar-refractivity contribution is 9.10. The molecule has 1 aliphatic heterocycles. The molecular formula is C21H15BrN2O4S. The van der Waals surface area contributed by atoms with Crippen LogP contribution < -0.4 is 5.32 Å². The largest absolute Gasteiger partial charge is 0.480 e. The lowest BCUT2D eigenvalue weighted by Crippen LogP contribution is -2.46. The Kier molecular flexibility index (Phi) is 5.21. The summed E-state index contributed by atoms with van der Waals surface area (Å²) in [6.45, 7) is 0. The van der Waals surface area contributed by atoms with E-state index in [1.54, 1.807) is 6.07 Å². The lowest BCUT2D eigenvalue weighted by atomic mass is 10.0. The number of hydrogen-bond donors (Lipinski definition) is 2. The summed E-state index contributed by atoms with van der Waals surface area (Å²) in [5.41, 5.74) is 1.65. The van der Waals surface area contributed by atoms with Gasteiger partial charge in [0.15, 0.2) is 5.11 Å². The summed E-state index contributed by atoms with van der Waals surface area (Å²) in [6.07, 6.45) is 1.68. The molecule has 1 saturated heterocycles. The van der Waals surface area contributed by atoms with Gasteiger partial charge in [-0.15, -0.1) is 0 Å². The fraction of sp³-hybridized carbons (Fsp3) is 0.0952. The molecule has 3 aromatic rings. The number of fused-ring (bicyclic) bond motifs is 1. The molecule has 1 unspecified atom stereocenters. The molecule has 1 aromatic heterocycles. The van der Waals surface area contributed by atoms with Crippen molar-refractivity contribution in [3.05, 3.63) is 76.1 Å². The number of aliphatic carboxylic acids is 1. The first kappa shape index (κ1) is 19.4. The third kappa shape index (κ3) is 3.94. The van der Waals surface area contributed by atoms with E-state index in [9.17, 15) is 14.7 Å². The molecule has 29 heavy (non-hydrogen) atoms. The number of carbonyl (C=O) groups is 2. The van der Waals surface area contributed by atoms with Crippen LogP contribution in [0.5, 0.6) is 0 Å². The molecule has 1 fully saturated rings. The molecule has 1 aliphatic rings. The molecule has 1 atom stereocenters. The molecule has 6 nitrogen and oxygen atoms in total. The number of benzene rings is 2. The van der Waals surface area contributed by atoms with Gasteiger partial charge in [0.25, 0.3) is 5.91 Å². The van der Waals surface area contributed by atoms with Gasteiger partial charge in [0.2, 0.25) is 0 Å². The van der Waals surface area contributed by atoms with Gasteiger partial charge in [-0.05, 0) is 42.0 Å². The second kappa shape index (κ2) is 7.81. The summed E-state index contributed by atoms with van der Waals surface area (Å²) in [5, 5.41) is 13.5. The van der Waals surface area contributed by atoms with E-state index < -0.39 is 17.9 Å². The van der Waals surface area contributed by atoms with Gasteiger partial charge in [0, 0.05) is 22.4 Å². The highest BCUT2D eigenvalue weighted by atomic mass is 79.9. The zero-order chi connectivity index (χ0) is 20.5. The monoisotopic (exact) mass is 470 g/mol. The number of amides is 1. The quantitative estimate of drug-likeness (QED) is 0.433. The van der Waals surface area contributed by atoms with Gasteiger partial charge in [-0.1, -0.05) is 46.3 Å². The molecular weight excluding hydrogens is 456 g/mol. The summed E-state index contributed by atoms with van der Waals surface area (Å²) in [4.78, 5) is 25.9. The molecule has 8 heteroatoms. The number of rotatable bonds is 5. The van der Waals surface area contributed by atoms with E-state index >= 15 is 0 Å². The first-order valence-electron chi connectivity index (χ1n) is 8.74. The van der Waals surface area contributed by atoms with Gasteiger partial charge in [0.1, 0.15) is 23.1 Å². The van der Waals surface area contributed by atoms with Gasteiger partial charge in [-0.3, -0.25) is 9.69 Å². The first-order chi connectivity index (χ1) is 13.9. The molecule has 2 heterocycles. The van der Waals surface area contributed by atoms with Crippen molar-refractivity contribution in [2.75, 3.05) is 0 Å². The Morgan fingerprint density at radius 1 is 1.24 bits per heavy atom. The Morgan fingerprint density at radius 3 is 2.72 bits per heavy atom. The fourth-order valence-corrected chi connectivity index (χ4v) is 3.91. The van der Waals surface area contributed by atoms with Crippen LogP contribution in [0.2, 0.25) is 0 Å². The molecule has 0 aliphatic carbocycles. The van der Waals surface area contributed by atoms with Crippen LogP contribution in [0.1, 0.15) is 11.3 Å². The van der Waals surface area contributed by atoms with Crippen LogP contribution >= 0.6 is 28.1 Å². The third-order valence-electron chi connectivity index (χ3n) is 4.56. The van der Waals surface area contributed by atoms with E-state index in [1.807, 2.05) is 48.5 Å². The van der Waals surface area contributed by atoms with Crippen LogP contribution in [0.4, 0.5) is 0 Å². The summed E-state index contributed by atoms with van der Waals surface area (Å²) in [7, 11) is 0. The maximum Gasteiger partial charge on any atom is 0.327 e. The number of nitrogens with one attached hydrogen (secondary N) is 1. The number of nitrogens with zero attached hydrogens (tertiary/aromatic N) is 1. The van der Waals surface area contributed by atoms with Gasteiger partial charge >= 0.3 is 5.97 Å². The van der Waals surface area contributed by atoms with Crippen molar-refractivity contribution in [3.8, 4) is 0 Å². The van der Waals surface area contributed by atoms with Crippen molar-refractivity contribution in [3.63, 3.8) is 0 Å². The highest BCUT2D eigenvalue weighted by Gasteiger charge is 2.39. The minimum absolute atomic E-state index is 0.0587. The zero-order valence-corrected chi connectivity index (χ0v) is 17.4. The Labute approximate surface area is 179 Å². The summed E-state index contributed by atoms with van der Waals surface area (Å²) >= 11 is 8.67. The van der Waals surface area contributed by atoms with Gasteiger partial charge in [0.05, 0.1) is 0 Å². The van der Waals surface area contributed by atoms with Crippen LogP contribution in [-0.2, 0) is 16.0 Å². The van der Waals surface area contributed by atoms with Crippen molar-refractivity contribution in [1.29, 1.82) is 0 Å². The van der Waals surface area contributed by atoms with Crippen molar-refractivity contribution in [2.24, 2.45) is 0 Å². The van der Waals surface area contributed by atoms with E-state index in [0.717, 1.165) is 20.3 Å². The lowest BCUT2D eigenvalue weighted by Gasteiger charge is -2.22. The second-order valence-corrected chi connectivity index (χ2v) is 7.84. The number of hydrogen-bond acceptors (Lipinski definition) is 4. The average Bonchev–Trinajstić information content (AvgIpc) is 3.20. The van der Waals surface area contributed by atoms with Crippen LogP contribution in [0.25, 0.3) is 17.0 Å². The van der Waals surface area contributed by atoms with Crippen molar-refractivity contribution < 1.29 is 19.1 Å². The molecule has 0 bridgehead atoms. The average molecular weight is 471 g/mol. The van der Waals surface area contributed by atoms with Gasteiger partial charge in [-0.25, -0.2) is 4.79 Å². The predicted octanol–water partition coefficient (Wildman–Crippen LogP) is 3.95. The van der Waals surface area contributed by atoms with Crippen LogP contribution in [0.3, 0.4) is 0 Å².